The number of urea groups is 1. The monoisotopic (exact) mass is 263 g/mol. The van der Waals surface area contributed by atoms with Gasteiger partial charge in [-0.3, -0.25) is 9.78 Å². The van der Waals surface area contributed by atoms with Crippen molar-refractivity contribution in [1.29, 1.82) is 0 Å². The van der Waals surface area contributed by atoms with E-state index in [4.69, 9.17) is 5.11 Å². The standard InChI is InChI=1S/C13H17N3O3/c1-15-7-10(6-12(17)18)8-16(13(15)19)9-11-4-2-3-5-14-11/h2-5,10H,6-9H2,1H3,(H,17,18). The SMILES string of the molecule is CN1CC(CC(=O)O)CN(Cc2ccccn2)C1=O. The van der Waals surface area contributed by atoms with E-state index in [1.165, 1.54) is 0 Å². The predicted molar refractivity (Wildman–Crippen MR) is 68.4 cm³/mol. The van der Waals surface area contributed by atoms with Crippen LogP contribution in [0.25, 0.3) is 0 Å². The highest BCUT2D eigenvalue weighted by Crippen LogP contribution is 2.18. The fraction of sp³-hybridized carbons (Fsp3) is 0.462. The molecule has 1 saturated heterocycles. The van der Waals surface area contributed by atoms with Gasteiger partial charge >= 0.3 is 12.0 Å². The van der Waals surface area contributed by atoms with Crippen molar-refractivity contribution < 1.29 is 14.7 Å². The smallest absolute Gasteiger partial charge is 0.320 e. The van der Waals surface area contributed by atoms with Crippen LogP contribution in [0.3, 0.4) is 0 Å². The molecule has 2 rings (SSSR count). The Balaban J connectivity index is 2.05. The third-order valence-electron chi connectivity index (χ3n) is 3.15. The molecule has 2 amide bonds. The Morgan fingerprint density at radius 3 is 2.89 bits per heavy atom. The van der Waals surface area contributed by atoms with E-state index in [0.717, 1.165) is 5.69 Å². The first-order valence-electron chi connectivity index (χ1n) is 6.18. The lowest BCUT2D eigenvalue weighted by atomic mass is 10.0. The minimum absolute atomic E-state index is 0.0380. The summed E-state index contributed by atoms with van der Waals surface area (Å²) in [5, 5.41) is 8.86. The van der Waals surface area contributed by atoms with Crippen molar-refractivity contribution >= 4 is 12.0 Å². The number of carbonyl (C=O) groups excluding carboxylic acids is 1. The van der Waals surface area contributed by atoms with Crippen LogP contribution in [0.1, 0.15) is 12.1 Å². The largest absolute Gasteiger partial charge is 0.481 e. The number of carbonyl (C=O) groups is 2. The van der Waals surface area contributed by atoms with Gasteiger partial charge in [-0.25, -0.2) is 4.79 Å². The number of pyridine rings is 1. The maximum Gasteiger partial charge on any atom is 0.320 e. The molecule has 1 N–H and O–H groups in total. The maximum atomic E-state index is 12.0. The highest BCUT2D eigenvalue weighted by molar-refractivity contribution is 5.75. The van der Waals surface area contributed by atoms with E-state index in [9.17, 15) is 9.59 Å². The fourth-order valence-corrected chi connectivity index (χ4v) is 2.35. The molecule has 0 saturated carbocycles. The van der Waals surface area contributed by atoms with Gasteiger partial charge in [-0.2, -0.15) is 0 Å². The zero-order valence-corrected chi connectivity index (χ0v) is 10.8. The number of amides is 2. The van der Waals surface area contributed by atoms with Gasteiger partial charge in [-0.1, -0.05) is 6.07 Å². The molecule has 19 heavy (non-hydrogen) atoms. The molecule has 102 valence electrons. The lowest BCUT2D eigenvalue weighted by Crippen LogP contribution is -2.51. The molecule has 0 aromatic carbocycles. The minimum Gasteiger partial charge on any atom is -0.481 e. The number of carboxylic acid groups (broad SMARTS) is 1. The fourth-order valence-electron chi connectivity index (χ4n) is 2.35. The molecule has 1 aromatic heterocycles. The first-order chi connectivity index (χ1) is 9.06. The van der Waals surface area contributed by atoms with Crippen LogP contribution in [0.2, 0.25) is 0 Å². The number of aromatic nitrogens is 1. The Kier molecular flexibility index (Phi) is 3.99. The average Bonchev–Trinajstić information content (AvgIpc) is 2.36. The molecular weight excluding hydrogens is 246 g/mol. The van der Waals surface area contributed by atoms with Crippen LogP contribution in [-0.4, -0.2) is 52.0 Å². The van der Waals surface area contributed by atoms with Crippen LogP contribution in [0.5, 0.6) is 0 Å². The summed E-state index contributed by atoms with van der Waals surface area (Å²) in [4.78, 5) is 30.2. The molecule has 0 spiro atoms. The first-order valence-corrected chi connectivity index (χ1v) is 6.18. The molecule has 6 heteroatoms. The second-order valence-electron chi connectivity index (χ2n) is 4.83. The van der Waals surface area contributed by atoms with E-state index in [1.54, 1.807) is 23.0 Å². The minimum atomic E-state index is -0.828. The zero-order valence-electron chi connectivity index (χ0n) is 10.8. The van der Waals surface area contributed by atoms with Crippen LogP contribution in [0, 0.1) is 5.92 Å². The van der Waals surface area contributed by atoms with Gasteiger partial charge in [-0.15, -0.1) is 0 Å². The van der Waals surface area contributed by atoms with Crippen molar-refractivity contribution in [3.05, 3.63) is 30.1 Å². The molecule has 0 aliphatic carbocycles. The van der Waals surface area contributed by atoms with Crippen molar-refractivity contribution in [3.63, 3.8) is 0 Å². The Morgan fingerprint density at radius 1 is 1.47 bits per heavy atom. The van der Waals surface area contributed by atoms with Crippen LogP contribution < -0.4 is 0 Å². The molecule has 0 radical (unpaired) electrons. The number of hydrogen-bond acceptors (Lipinski definition) is 3. The van der Waals surface area contributed by atoms with E-state index in [0.29, 0.717) is 19.6 Å². The summed E-state index contributed by atoms with van der Waals surface area (Å²) in [6.45, 7) is 1.37. The van der Waals surface area contributed by atoms with Crippen molar-refractivity contribution in [2.24, 2.45) is 5.92 Å². The van der Waals surface area contributed by atoms with Crippen molar-refractivity contribution in [3.8, 4) is 0 Å². The van der Waals surface area contributed by atoms with Gasteiger partial charge < -0.3 is 14.9 Å². The molecule has 1 unspecified atom stereocenters. The third-order valence-corrected chi connectivity index (χ3v) is 3.15. The molecule has 1 aromatic rings. The van der Waals surface area contributed by atoms with Crippen LogP contribution in [-0.2, 0) is 11.3 Å². The van der Waals surface area contributed by atoms with Gasteiger partial charge in [0.1, 0.15) is 0 Å². The van der Waals surface area contributed by atoms with Gasteiger partial charge in [0.25, 0.3) is 0 Å². The maximum absolute atomic E-state index is 12.0. The normalized spacial score (nSPS) is 19.6. The summed E-state index contributed by atoms with van der Waals surface area (Å²) in [5.74, 6) is -0.866. The third kappa shape index (κ3) is 3.43. The van der Waals surface area contributed by atoms with Crippen molar-refractivity contribution in [2.45, 2.75) is 13.0 Å². The second-order valence-corrected chi connectivity index (χ2v) is 4.83. The zero-order chi connectivity index (χ0) is 13.8. The molecule has 2 heterocycles. The van der Waals surface area contributed by atoms with E-state index in [1.807, 2.05) is 18.2 Å². The quantitative estimate of drug-likeness (QED) is 0.880. The van der Waals surface area contributed by atoms with Gasteiger partial charge in [-0.05, 0) is 12.1 Å². The topological polar surface area (TPSA) is 73.7 Å². The Bertz CT molecular complexity index is 463. The number of carboxylic acids is 1. The Morgan fingerprint density at radius 2 is 2.26 bits per heavy atom. The average molecular weight is 263 g/mol. The van der Waals surface area contributed by atoms with Crippen molar-refractivity contribution in [2.75, 3.05) is 20.1 Å². The molecule has 1 aliphatic heterocycles. The number of hydrogen-bond donors (Lipinski definition) is 1. The first kappa shape index (κ1) is 13.3. The predicted octanol–water partition coefficient (Wildman–Crippen LogP) is 1.04. The van der Waals surface area contributed by atoms with E-state index < -0.39 is 5.97 Å². The van der Waals surface area contributed by atoms with Crippen LogP contribution >= 0.6 is 0 Å². The summed E-state index contributed by atoms with van der Waals surface area (Å²) < 4.78 is 0. The van der Waals surface area contributed by atoms with E-state index in [-0.39, 0.29) is 18.4 Å². The molecule has 6 nitrogen and oxygen atoms in total. The highest BCUT2D eigenvalue weighted by atomic mass is 16.4. The van der Waals surface area contributed by atoms with Gasteiger partial charge in [0.2, 0.25) is 0 Å². The molecule has 1 atom stereocenters. The summed E-state index contributed by atoms with van der Waals surface area (Å²) in [6.07, 6.45) is 1.76. The summed E-state index contributed by atoms with van der Waals surface area (Å²) in [5.41, 5.74) is 0.806. The van der Waals surface area contributed by atoms with Crippen LogP contribution in [0.15, 0.2) is 24.4 Å². The Hall–Kier alpha value is -2.11. The molecule has 0 bridgehead atoms. The lowest BCUT2D eigenvalue weighted by Gasteiger charge is -2.37. The highest BCUT2D eigenvalue weighted by Gasteiger charge is 2.30. The van der Waals surface area contributed by atoms with E-state index in [2.05, 4.69) is 4.98 Å². The summed E-state index contributed by atoms with van der Waals surface area (Å²) in [6, 6.07) is 5.47. The number of aliphatic carboxylic acids is 1. The molecular formula is C13H17N3O3. The summed E-state index contributed by atoms with van der Waals surface area (Å²) >= 11 is 0. The lowest BCUT2D eigenvalue weighted by molar-refractivity contribution is -0.138. The number of nitrogens with zero attached hydrogens (tertiary/aromatic N) is 3. The summed E-state index contributed by atoms with van der Waals surface area (Å²) in [7, 11) is 1.70. The van der Waals surface area contributed by atoms with Gasteiger partial charge in [0.15, 0.2) is 0 Å². The number of rotatable bonds is 4. The second kappa shape index (κ2) is 5.69. The van der Waals surface area contributed by atoms with E-state index >= 15 is 0 Å². The molecule has 1 fully saturated rings. The molecule has 1 aliphatic rings. The Labute approximate surface area is 111 Å². The van der Waals surface area contributed by atoms with Crippen molar-refractivity contribution in [1.82, 2.24) is 14.8 Å². The van der Waals surface area contributed by atoms with Gasteiger partial charge in [0, 0.05) is 32.3 Å². The van der Waals surface area contributed by atoms with Crippen LogP contribution in [0.4, 0.5) is 4.79 Å². The van der Waals surface area contributed by atoms with Gasteiger partial charge in [0.05, 0.1) is 18.7 Å².